The molecule has 0 spiro atoms. The molecule has 0 amide bonds. The summed E-state index contributed by atoms with van der Waals surface area (Å²) in [5.41, 5.74) is 19.6. The van der Waals surface area contributed by atoms with Crippen molar-refractivity contribution in [3.63, 3.8) is 0 Å². The first-order chi connectivity index (χ1) is 39.5. The van der Waals surface area contributed by atoms with Crippen molar-refractivity contribution in [3.8, 4) is 0 Å². The normalized spacial score (nSPS) is 7.29. The van der Waals surface area contributed by atoms with Crippen LogP contribution in [0.25, 0.3) is 21.5 Å². The summed E-state index contributed by atoms with van der Waals surface area (Å²) >= 11 is 0. The fourth-order valence-corrected chi connectivity index (χ4v) is 5.36. The first-order valence-corrected chi connectivity index (χ1v) is 31.2. The van der Waals surface area contributed by atoms with E-state index < -0.39 is 0 Å². The summed E-state index contributed by atoms with van der Waals surface area (Å²) in [4.78, 5) is 0. The Labute approximate surface area is 514 Å². The molecule has 6 heteroatoms. The second-order valence-corrected chi connectivity index (χ2v) is 11.8. The number of para-hydroxylation sites is 2. The molecule has 0 bridgehead atoms. The number of nitrogens with one attached hydrogen (secondary N) is 4. The number of rotatable bonds is 6. The lowest BCUT2D eigenvalue weighted by Crippen LogP contribution is -1.91. The van der Waals surface area contributed by atoms with Gasteiger partial charge in [0.25, 0.3) is 0 Å². The Kier molecular flexibility index (Phi) is 118. The molecular formula is C76H138N6. The van der Waals surface area contributed by atoms with Crippen molar-refractivity contribution in [1.29, 1.82) is 0 Å². The fourth-order valence-electron chi connectivity index (χ4n) is 5.36. The van der Waals surface area contributed by atoms with Crippen LogP contribution >= 0.6 is 0 Å². The molecule has 0 atom stereocenters. The number of nitrogens with two attached hydrogens (primary N) is 2. The number of benzene rings is 8. The SMILES string of the molecule is C.C.CC.CC.CC.CC.CC.CC.CC.CC.CC.CC.CC.CC.CC.CC.CNc1ccc(Nc2ccccc2)cc1.CNc1cccc2ccccc12.Nc1ccc(Nc2ccccc2)cc1.Nc1cccc2ccccc12. The van der Waals surface area contributed by atoms with E-state index in [1.54, 1.807) is 0 Å². The van der Waals surface area contributed by atoms with Gasteiger partial charge in [0.05, 0.1) is 0 Å². The topological polar surface area (TPSA) is 100 Å². The Hall–Kier alpha value is -6.92. The van der Waals surface area contributed by atoms with Crippen molar-refractivity contribution in [2.75, 3.05) is 46.8 Å². The highest BCUT2D eigenvalue weighted by atomic mass is 14.9. The maximum atomic E-state index is 5.76. The lowest BCUT2D eigenvalue weighted by Gasteiger charge is -2.06. The van der Waals surface area contributed by atoms with Crippen LogP contribution in [-0.2, 0) is 0 Å². The van der Waals surface area contributed by atoms with Crippen LogP contribution in [0.5, 0.6) is 0 Å². The van der Waals surface area contributed by atoms with Crippen molar-refractivity contribution in [2.24, 2.45) is 0 Å². The number of fused-ring (bicyclic) bond motifs is 2. The maximum absolute atomic E-state index is 5.76. The summed E-state index contributed by atoms with van der Waals surface area (Å²) in [5, 5.41) is 17.8. The average Bonchev–Trinajstić information content (AvgIpc) is 3.59. The first kappa shape index (κ1) is 104. The monoisotopic (exact) mass is 1140 g/mol. The average molecular weight is 1140 g/mol. The molecule has 8 rings (SSSR count). The predicted molar refractivity (Wildman–Crippen MR) is 400 cm³/mol. The summed E-state index contributed by atoms with van der Waals surface area (Å²) in [6, 6.07) is 64.8. The van der Waals surface area contributed by atoms with Gasteiger partial charge in [0.15, 0.2) is 0 Å². The molecule has 82 heavy (non-hydrogen) atoms. The molecule has 0 radical (unpaired) electrons. The van der Waals surface area contributed by atoms with Gasteiger partial charge in [-0.1, -0.05) is 318 Å². The van der Waals surface area contributed by atoms with E-state index in [1.807, 2.05) is 335 Å². The molecule has 0 aromatic heterocycles. The third kappa shape index (κ3) is 55.0. The summed E-state index contributed by atoms with van der Waals surface area (Å²) in [7, 11) is 3.86. The van der Waals surface area contributed by atoms with Crippen LogP contribution in [0.15, 0.2) is 194 Å². The molecule has 0 unspecified atom stereocenters. The van der Waals surface area contributed by atoms with E-state index in [0.717, 1.165) is 45.2 Å². The number of hydrogen-bond acceptors (Lipinski definition) is 6. The van der Waals surface area contributed by atoms with Gasteiger partial charge in [0.2, 0.25) is 0 Å². The zero-order chi connectivity index (χ0) is 64.4. The van der Waals surface area contributed by atoms with Crippen molar-refractivity contribution in [2.45, 2.75) is 209 Å². The van der Waals surface area contributed by atoms with Crippen LogP contribution in [0.1, 0.15) is 209 Å². The van der Waals surface area contributed by atoms with Crippen LogP contribution in [0, 0.1) is 0 Å². The highest BCUT2D eigenvalue weighted by Gasteiger charge is 1.97. The van der Waals surface area contributed by atoms with Gasteiger partial charge >= 0.3 is 0 Å². The molecule has 0 aliphatic rings. The molecule has 6 nitrogen and oxygen atoms in total. The molecule has 0 aliphatic heterocycles. The van der Waals surface area contributed by atoms with Gasteiger partial charge in [-0.25, -0.2) is 0 Å². The zero-order valence-corrected chi connectivity index (χ0v) is 57.6. The Morgan fingerprint density at radius 2 is 0.488 bits per heavy atom. The lowest BCUT2D eigenvalue weighted by atomic mass is 10.1. The fraction of sp³-hybridized carbons (Fsp3) is 0.421. The highest BCUT2D eigenvalue weighted by molar-refractivity contribution is 5.94. The largest absolute Gasteiger partial charge is 0.399 e. The Bertz CT molecular complexity index is 2210. The standard InChI is InChI=1S/C13H14N2.C12H12N2.C11H11N.C10H9N.14C2H6.2CH4/c1-14-11-7-9-13(10-8-11)15-12-5-3-2-4-6-12;13-10-6-8-12(9-7-10)14-11-4-2-1-3-5-11;1-12-11-8-4-6-9-5-2-3-7-10(9)11;11-10-7-3-5-8-4-1-2-6-9(8)10;14*1-2;;/h2-10,14-15H,1H3;1-9,14H,13H2;2-8,12H,1H3;1-7H,11H2;14*1-2H3;2*1H4. The number of nitrogen functional groups attached to an aromatic ring is 2. The van der Waals surface area contributed by atoms with Gasteiger partial charge in [-0.15, -0.1) is 0 Å². The Morgan fingerprint density at radius 3 is 0.817 bits per heavy atom. The number of anilines is 8. The molecule has 0 heterocycles. The highest BCUT2D eigenvalue weighted by Crippen LogP contribution is 2.23. The predicted octanol–water partition coefficient (Wildman–Crippen LogP) is 27.4. The van der Waals surface area contributed by atoms with Gasteiger partial charge in [-0.3, -0.25) is 0 Å². The molecule has 0 aliphatic carbocycles. The minimum absolute atomic E-state index is 0. The van der Waals surface area contributed by atoms with Gasteiger partial charge < -0.3 is 32.7 Å². The van der Waals surface area contributed by atoms with E-state index in [9.17, 15) is 0 Å². The van der Waals surface area contributed by atoms with E-state index >= 15 is 0 Å². The van der Waals surface area contributed by atoms with Crippen molar-refractivity contribution in [3.05, 3.63) is 194 Å². The second kappa shape index (κ2) is 93.4. The van der Waals surface area contributed by atoms with Crippen molar-refractivity contribution >= 4 is 67.0 Å². The molecule has 0 fully saturated rings. The third-order valence-electron chi connectivity index (χ3n) is 8.09. The molecule has 0 saturated heterocycles. The van der Waals surface area contributed by atoms with E-state index in [1.165, 1.54) is 21.8 Å². The molecule has 472 valence electrons. The van der Waals surface area contributed by atoms with Gasteiger partial charge in [-0.05, 0) is 95.7 Å². The van der Waals surface area contributed by atoms with Gasteiger partial charge in [0, 0.05) is 70.4 Å². The van der Waals surface area contributed by atoms with Crippen LogP contribution in [0.3, 0.4) is 0 Å². The molecule has 8 aromatic rings. The summed E-state index contributed by atoms with van der Waals surface area (Å²) in [6.45, 7) is 56.0. The van der Waals surface area contributed by atoms with E-state index in [2.05, 4.69) is 88.0 Å². The van der Waals surface area contributed by atoms with Crippen molar-refractivity contribution in [1.82, 2.24) is 0 Å². The zero-order valence-electron chi connectivity index (χ0n) is 57.6. The van der Waals surface area contributed by atoms with E-state index in [-0.39, 0.29) is 14.9 Å². The Morgan fingerprint density at radius 1 is 0.232 bits per heavy atom. The molecule has 0 saturated carbocycles. The van der Waals surface area contributed by atoms with Crippen LogP contribution < -0.4 is 32.7 Å². The first-order valence-electron chi connectivity index (χ1n) is 31.2. The van der Waals surface area contributed by atoms with Crippen LogP contribution in [0.2, 0.25) is 0 Å². The third-order valence-corrected chi connectivity index (χ3v) is 8.09. The molecule has 8 N–H and O–H groups in total. The quantitative estimate of drug-likeness (QED) is 0.0928. The lowest BCUT2D eigenvalue weighted by molar-refractivity contribution is 1.49. The Balaban J connectivity index is -0.0000000692. The minimum Gasteiger partial charge on any atom is -0.399 e. The van der Waals surface area contributed by atoms with Crippen molar-refractivity contribution < 1.29 is 0 Å². The minimum atomic E-state index is 0. The molecular weight excluding hydrogens is 997 g/mol. The number of hydrogen-bond donors (Lipinski definition) is 6. The smallest absolute Gasteiger partial charge is 0.0417 e. The maximum Gasteiger partial charge on any atom is 0.0417 e. The van der Waals surface area contributed by atoms with E-state index in [4.69, 9.17) is 11.5 Å². The molecule has 8 aromatic carbocycles. The van der Waals surface area contributed by atoms with Gasteiger partial charge in [0.1, 0.15) is 0 Å². The summed E-state index contributed by atoms with van der Waals surface area (Å²) in [5.74, 6) is 0. The van der Waals surface area contributed by atoms with Crippen LogP contribution in [0.4, 0.5) is 45.5 Å². The second-order valence-electron chi connectivity index (χ2n) is 11.8. The van der Waals surface area contributed by atoms with E-state index in [0.29, 0.717) is 0 Å². The van der Waals surface area contributed by atoms with Gasteiger partial charge in [-0.2, -0.15) is 0 Å². The summed E-state index contributed by atoms with van der Waals surface area (Å²) in [6.07, 6.45) is 0. The summed E-state index contributed by atoms with van der Waals surface area (Å²) < 4.78 is 0. The van der Waals surface area contributed by atoms with Crippen LogP contribution in [-0.4, -0.2) is 14.1 Å².